The third kappa shape index (κ3) is 7.35. The Morgan fingerprint density at radius 1 is 1.05 bits per heavy atom. The van der Waals surface area contributed by atoms with Gasteiger partial charge in [0.05, 0.1) is 21.2 Å². The number of benzene rings is 3. The number of nitrogens with one attached hydrogen (secondary N) is 1. The Morgan fingerprint density at radius 2 is 1.70 bits per heavy atom. The van der Waals surface area contributed by atoms with E-state index in [0.717, 1.165) is 22.2 Å². The van der Waals surface area contributed by atoms with Gasteiger partial charge in [-0.1, -0.05) is 57.4 Å². The fraction of sp³-hybridized carbons (Fsp3) is 0.259. The SMILES string of the molecule is CNC(=O)C(C)N(Cc1cccc(Br)c1)C(=O)CN(c1ccc(Cl)c(C(F)(F)F)c1)S(=O)(=O)c1ccc(C)cc1. The molecule has 0 saturated heterocycles. The maximum atomic E-state index is 13.8. The first-order valence-electron chi connectivity index (χ1n) is 11.9. The third-order valence-corrected chi connectivity index (χ3v) is 8.70. The molecule has 0 aliphatic rings. The van der Waals surface area contributed by atoms with E-state index in [9.17, 15) is 31.2 Å². The Hall–Kier alpha value is -3.09. The molecule has 3 aromatic carbocycles. The minimum absolute atomic E-state index is 0.0697. The zero-order chi connectivity index (χ0) is 29.8. The van der Waals surface area contributed by atoms with Crippen LogP contribution in [0.1, 0.15) is 23.6 Å². The molecule has 1 N–H and O–H groups in total. The molecule has 214 valence electrons. The van der Waals surface area contributed by atoms with Crippen molar-refractivity contribution in [1.82, 2.24) is 10.2 Å². The molecule has 0 saturated carbocycles. The molecule has 0 heterocycles. The average Bonchev–Trinajstić information content (AvgIpc) is 2.89. The van der Waals surface area contributed by atoms with Crippen molar-refractivity contribution in [2.24, 2.45) is 0 Å². The van der Waals surface area contributed by atoms with E-state index in [1.165, 1.54) is 43.1 Å². The van der Waals surface area contributed by atoms with Crippen LogP contribution in [0, 0.1) is 6.92 Å². The number of rotatable bonds is 9. The maximum absolute atomic E-state index is 13.8. The van der Waals surface area contributed by atoms with Gasteiger partial charge in [-0.15, -0.1) is 0 Å². The smallest absolute Gasteiger partial charge is 0.357 e. The normalized spacial score (nSPS) is 12.5. The highest BCUT2D eigenvalue weighted by Crippen LogP contribution is 2.38. The summed E-state index contributed by atoms with van der Waals surface area (Å²) in [6.07, 6.45) is -4.88. The molecular weight excluding hydrogens is 635 g/mol. The number of nitrogens with zero attached hydrogens (tertiary/aromatic N) is 2. The Kier molecular flexibility index (Phi) is 9.91. The van der Waals surface area contributed by atoms with Crippen LogP contribution < -0.4 is 9.62 Å². The second kappa shape index (κ2) is 12.6. The molecule has 7 nitrogen and oxygen atoms in total. The lowest BCUT2D eigenvalue weighted by Crippen LogP contribution is -2.50. The van der Waals surface area contributed by atoms with Crippen molar-refractivity contribution in [3.63, 3.8) is 0 Å². The number of sulfonamides is 1. The molecule has 0 spiro atoms. The van der Waals surface area contributed by atoms with E-state index in [-0.39, 0.29) is 11.4 Å². The van der Waals surface area contributed by atoms with E-state index in [0.29, 0.717) is 15.9 Å². The van der Waals surface area contributed by atoms with Crippen LogP contribution in [-0.4, -0.2) is 44.8 Å². The number of carbonyl (C=O) groups excluding carboxylic acids is 2. The van der Waals surface area contributed by atoms with E-state index in [1.54, 1.807) is 31.2 Å². The first-order valence-corrected chi connectivity index (χ1v) is 14.5. The highest BCUT2D eigenvalue weighted by atomic mass is 79.9. The highest BCUT2D eigenvalue weighted by molar-refractivity contribution is 9.10. The molecule has 1 unspecified atom stereocenters. The van der Waals surface area contributed by atoms with Crippen LogP contribution in [0.25, 0.3) is 0 Å². The van der Waals surface area contributed by atoms with E-state index >= 15 is 0 Å². The zero-order valence-electron chi connectivity index (χ0n) is 21.7. The Labute approximate surface area is 244 Å². The second-order valence-corrected chi connectivity index (χ2v) is 12.1. The monoisotopic (exact) mass is 659 g/mol. The van der Waals surface area contributed by atoms with Gasteiger partial charge in [0.25, 0.3) is 10.0 Å². The molecule has 0 fully saturated rings. The average molecular weight is 661 g/mol. The summed E-state index contributed by atoms with van der Waals surface area (Å²) < 4.78 is 69.9. The number of likely N-dealkylation sites (N-methyl/N-ethyl adjacent to an activating group) is 1. The van der Waals surface area contributed by atoms with Crippen LogP contribution in [0.5, 0.6) is 0 Å². The first-order chi connectivity index (χ1) is 18.6. The predicted molar refractivity (Wildman–Crippen MR) is 150 cm³/mol. The summed E-state index contributed by atoms with van der Waals surface area (Å²) in [4.78, 5) is 27.2. The lowest BCUT2D eigenvalue weighted by atomic mass is 10.1. The lowest BCUT2D eigenvalue weighted by Gasteiger charge is -2.32. The van der Waals surface area contributed by atoms with Crippen molar-refractivity contribution >= 4 is 55.1 Å². The number of carbonyl (C=O) groups is 2. The Bertz CT molecular complexity index is 1500. The molecule has 1 atom stereocenters. The number of amides is 2. The summed E-state index contributed by atoms with van der Waals surface area (Å²) in [6.45, 7) is 2.26. The summed E-state index contributed by atoms with van der Waals surface area (Å²) >= 11 is 9.13. The van der Waals surface area contributed by atoms with E-state index in [2.05, 4.69) is 21.2 Å². The largest absolute Gasteiger partial charge is 0.417 e. The Morgan fingerprint density at radius 3 is 2.27 bits per heavy atom. The molecule has 3 aromatic rings. The molecule has 0 aliphatic carbocycles. The molecule has 3 rings (SSSR count). The van der Waals surface area contributed by atoms with Crippen LogP contribution in [0.2, 0.25) is 5.02 Å². The molecule has 40 heavy (non-hydrogen) atoms. The standard InChI is InChI=1S/C27H26BrClF3N3O4S/c1-17-7-10-22(11-8-17)40(38,39)35(21-9-12-24(29)23(14-21)27(30,31)32)16-25(36)34(18(2)26(37)33-3)15-19-5-4-6-20(28)13-19/h4-14,18H,15-16H2,1-3H3,(H,33,37). The number of alkyl halides is 3. The van der Waals surface area contributed by atoms with E-state index < -0.39 is 56.9 Å². The predicted octanol–water partition coefficient (Wildman–Crippen LogP) is 5.79. The number of anilines is 1. The molecule has 0 aliphatic heterocycles. The molecule has 0 bridgehead atoms. The van der Waals surface area contributed by atoms with Crippen molar-refractivity contribution in [2.45, 2.75) is 37.5 Å². The van der Waals surface area contributed by atoms with Gasteiger partial charge in [0.2, 0.25) is 11.8 Å². The van der Waals surface area contributed by atoms with Gasteiger partial charge in [-0.3, -0.25) is 13.9 Å². The summed E-state index contributed by atoms with van der Waals surface area (Å²) in [7, 11) is -3.15. The van der Waals surface area contributed by atoms with Gasteiger partial charge in [0.1, 0.15) is 12.6 Å². The van der Waals surface area contributed by atoms with Crippen LogP contribution in [-0.2, 0) is 32.3 Å². The molecule has 0 aromatic heterocycles. The first kappa shape index (κ1) is 31.4. The quantitative estimate of drug-likeness (QED) is 0.315. The second-order valence-electron chi connectivity index (χ2n) is 8.93. The summed E-state index contributed by atoms with van der Waals surface area (Å²) in [5, 5.41) is 1.84. The van der Waals surface area contributed by atoms with Gasteiger partial charge in [0, 0.05) is 18.1 Å². The van der Waals surface area contributed by atoms with Crippen LogP contribution in [0.4, 0.5) is 18.9 Å². The van der Waals surface area contributed by atoms with Crippen LogP contribution >= 0.6 is 27.5 Å². The summed E-state index contributed by atoms with van der Waals surface area (Å²) in [5.41, 5.74) is -0.280. The van der Waals surface area contributed by atoms with Crippen molar-refractivity contribution in [3.8, 4) is 0 Å². The minimum Gasteiger partial charge on any atom is -0.357 e. The van der Waals surface area contributed by atoms with E-state index in [4.69, 9.17) is 11.6 Å². The highest BCUT2D eigenvalue weighted by Gasteiger charge is 2.36. The van der Waals surface area contributed by atoms with Crippen molar-refractivity contribution in [3.05, 3.63) is 92.9 Å². The lowest BCUT2D eigenvalue weighted by molar-refractivity contribution is -0.139. The summed E-state index contributed by atoms with van der Waals surface area (Å²) in [5.74, 6) is -1.32. The van der Waals surface area contributed by atoms with Gasteiger partial charge in [-0.2, -0.15) is 13.2 Å². The minimum atomic E-state index is -4.88. The van der Waals surface area contributed by atoms with Gasteiger partial charge in [-0.25, -0.2) is 8.42 Å². The van der Waals surface area contributed by atoms with Crippen LogP contribution in [0.15, 0.2) is 76.1 Å². The van der Waals surface area contributed by atoms with Gasteiger partial charge < -0.3 is 10.2 Å². The van der Waals surface area contributed by atoms with Crippen LogP contribution in [0.3, 0.4) is 0 Å². The molecule has 0 radical (unpaired) electrons. The number of hydrogen-bond donors (Lipinski definition) is 1. The molecular formula is C27H26BrClF3N3O4S. The number of aryl methyl sites for hydroxylation is 1. The third-order valence-electron chi connectivity index (χ3n) is 6.09. The number of hydrogen-bond acceptors (Lipinski definition) is 4. The molecule has 13 heteroatoms. The molecule has 2 amide bonds. The Balaban J connectivity index is 2.13. The fourth-order valence-electron chi connectivity index (χ4n) is 3.88. The van der Waals surface area contributed by atoms with Gasteiger partial charge >= 0.3 is 6.18 Å². The van der Waals surface area contributed by atoms with Crippen molar-refractivity contribution < 1.29 is 31.2 Å². The van der Waals surface area contributed by atoms with Crippen molar-refractivity contribution in [2.75, 3.05) is 17.9 Å². The van der Waals surface area contributed by atoms with Gasteiger partial charge in [0.15, 0.2) is 0 Å². The number of halogens is 5. The zero-order valence-corrected chi connectivity index (χ0v) is 24.8. The maximum Gasteiger partial charge on any atom is 0.417 e. The summed E-state index contributed by atoms with van der Waals surface area (Å²) in [6, 6.07) is 14.2. The fourth-order valence-corrected chi connectivity index (χ4v) is 5.95. The van der Waals surface area contributed by atoms with E-state index in [1.807, 2.05) is 0 Å². The van der Waals surface area contributed by atoms with Crippen molar-refractivity contribution in [1.29, 1.82) is 0 Å². The topological polar surface area (TPSA) is 86.8 Å². The van der Waals surface area contributed by atoms with Gasteiger partial charge in [-0.05, 0) is 61.9 Å².